The number of imidazole rings is 1. The van der Waals surface area contributed by atoms with Crippen molar-refractivity contribution in [3.8, 4) is 11.5 Å². The minimum absolute atomic E-state index is 0.0616. The van der Waals surface area contributed by atoms with Crippen LogP contribution >= 0.6 is 0 Å². The number of nitrogens with one attached hydrogen (secondary N) is 1. The number of nitrogens with zero attached hydrogens (tertiary/aromatic N) is 2. The van der Waals surface area contributed by atoms with E-state index in [1.54, 1.807) is 24.7 Å². The van der Waals surface area contributed by atoms with Gasteiger partial charge in [0.1, 0.15) is 11.5 Å². The molecular weight excluding hydrogens is 230 g/mol. The number of phenolic OH excluding ortho intramolecular Hbond substituents is 2. The summed E-state index contributed by atoms with van der Waals surface area (Å²) in [6.45, 7) is 3.60. The lowest BCUT2D eigenvalue weighted by Crippen LogP contribution is -2.22. The third-order valence-electron chi connectivity index (χ3n) is 2.80. The maximum atomic E-state index is 9.42. The molecule has 0 bridgehead atoms. The third kappa shape index (κ3) is 3.24. The van der Waals surface area contributed by atoms with E-state index in [-0.39, 0.29) is 17.5 Å². The normalized spacial score (nSPS) is 12.5. The molecular formula is C13H17N3O2. The second kappa shape index (κ2) is 5.55. The Balaban J connectivity index is 1.89. The second-order valence-corrected chi connectivity index (χ2v) is 4.26. The van der Waals surface area contributed by atoms with Crippen molar-refractivity contribution in [2.75, 3.05) is 6.54 Å². The van der Waals surface area contributed by atoms with Crippen molar-refractivity contribution < 1.29 is 10.2 Å². The molecule has 0 saturated carbocycles. The molecule has 0 aliphatic heterocycles. The van der Waals surface area contributed by atoms with Crippen molar-refractivity contribution in [1.29, 1.82) is 0 Å². The average molecular weight is 247 g/mol. The molecule has 1 unspecified atom stereocenters. The molecule has 0 saturated heterocycles. The van der Waals surface area contributed by atoms with Gasteiger partial charge in [-0.3, -0.25) is 0 Å². The smallest absolute Gasteiger partial charge is 0.119 e. The van der Waals surface area contributed by atoms with Gasteiger partial charge in [0.2, 0.25) is 0 Å². The van der Waals surface area contributed by atoms with Crippen molar-refractivity contribution in [1.82, 2.24) is 14.9 Å². The fourth-order valence-corrected chi connectivity index (χ4v) is 1.82. The quantitative estimate of drug-likeness (QED) is 0.751. The van der Waals surface area contributed by atoms with Crippen LogP contribution in [0, 0.1) is 0 Å². The minimum atomic E-state index is 0.0616. The second-order valence-electron chi connectivity index (χ2n) is 4.26. The monoisotopic (exact) mass is 247 g/mol. The molecule has 96 valence electrons. The fraction of sp³-hybridized carbons (Fsp3) is 0.308. The van der Waals surface area contributed by atoms with E-state index in [0.29, 0.717) is 0 Å². The largest absolute Gasteiger partial charge is 0.508 e. The van der Waals surface area contributed by atoms with E-state index in [4.69, 9.17) is 0 Å². The summed E-state index contributed by atoms with van der Waals surface area (Å²) in [6.07, 6.45) is 5.43. The fourth-order valence-electron chi connectivity index (χ4n) is 1.82. The Bertz CT molecular complexity index is 477. The molecule has 3 N–H and O–H groups in total. The summed E-state index contributed by atoms with van der Waals surface area (Å²) in [6, 6.07) is 4.68. The van der Waals surface area contributed by atoms with E-state index in [2.05, 4.69) is 10.3 Å². The van der Waals surface area contributed by atoms with Crippen molar-refractivity contribution in [2.45, 2.75) is 19.5 Å². The Morgan fingerprint density at radius 2 is 2.00 bits per heavy atom. The van der Waals surface area contributed by atoms with E-state index < -0.39 is 0 Å². The number of hydrogen-bond acceptors (Lipinski definition) is 4. The Morgan fingerprint density at radius 1 is 1.28 bits per heavy atom. The molecule has 1 aromatic heterocycles. The van der Waals surface area contributed by atoms with Crippen molar-refractivity contribution in [2.24, 2.45) is 0 Å². The number of aromatic hydroxyl groups is 2. The van der Waals surface area contributed by atoms with Crippen molar-refractivity contribution in [3.63, 3.8) is 0 Å². The van der Waals surface area contributed by atoms with E-state index in [0.717, 1.165) is 18.7 Å². The van der Waals surface area contributed by atoms with Crippen LogP contribution in [0.25, 0.3) is 0 Å². The molecule has 0 radical (unpaired) electrons. The van der Waals surface area contributed by atoms with E-state index in [1.807, 2.05) is 17.7 Å². The summed E-state index contributed by atoms with van der Waals surface area (Å²) in [5, 5.41) is 22.2. The van der Waals surface area contributed by atoms with Crippen LogP contribution in [0.5, 0.6) is 11.5 Å². The highest BCUT2D eigenvalue weighted by atomic mass is 16.3. The predicted molar refractivity (Wildman–Crippen MR) is 68.4 cm³/mol. The van der Waals surface area contributed by atoms with Crippen LogP contribution in [0.4, 0.5) is 0 Å². The van der Waals surface area contributed by atoms with Gasteiger partial charge < -0.3 is 20.1 Å². The molecule has 0 aliphatic carbocycles. The number of hydrogen-bond donors (Lipinski definition) is 3. The molecule has 5 nitrogen and oxygen atoms in total. The zero-order chi connectivity index (χ0) is 13.0. The Labute approximate surface area is 106 Å². The SMILES string of the molecule is CC(NCCn1ccnc1)c1cc(O)cc(O)c1. The highest BCUT2D eigenvalue weighted by Gasteiger charge is 2.07. The molecule has 0 amide bonds. The van der Waals surface area contributed by atoms with Gasteiger partial charge in [-0.25, -0.2) is 4.98 Å². The first-order valence-corrected chi connectivity index (χ1v) is 5.87. The number of rotatable bonds is 5. The summed E-state index contributed by atoms with van der Waals surface area (Å²) in [5.41, 5.74) is 0.859. The molecule has 18 heavy (non-hydrogen) atoms. The Kier molecular flexibility index (Phi) is 3.84. The Morgan fingerprint density at radius 3 is 2.61 bits per heavy atom. The van der Waals surface area contributed by atoms with Crippen LogP contribution in [0.3, 0.4) is 0 Å². The lowest BCUT2D eigenvalue weighted by atomic mass is 10.1. The topological polar surface area (TPSA) is 70.3 Å². The molecule has 1 atom stereocenters. The molecule has 1 aromatic carbocycles. The zero-order valence-corrected chi connectivity index (χ0v) is 10.2. The first-order chi connectivity index (χ1) is 8.65. The summed E-state index contributed by atoms with van der Waals surface area (Å²) in [7, 11) is 0. The lowest BCUT2D eigenvalue weighted by Gasteiger charge is -2.15. The van der Waals surface area contributed by atoms with Gasteiger partial charge in [-0.15, -0.1) is 0 Å². The van der Waals surface area contributed by atoms with Crippen LogP contribution in [-0.2, 0) is 6.54 Å². The predicted octanol–water partition coefficient (Wildman–Crippen LogP) is 1.65. The average Bonchev–Trinajstić information content (AvgIpc) is 2.80. The summed E-state index contributed by atoms with van der Waals surface area (Å²) >= 11 is 0. The van der Waals surface area contributed by atoms with Crippen LogP contribution in [-0.4, -0.2) is 26.3 Å². The van der Waals surface area contributed by atoms with Gasteiger partial charge >= 0.3 is 0 Å². The van der Waals surface area contributed by atoms with E-state index in [9.17, 15) is 10.2 Å². The van der Waals surface area contributed by atoms with E-state index >= 15 is 0 Å². The van der Waals surface area contributed by atoms with E-state index in [1.165, 1.54) is 6.07 Å². The number of aromatic nitrogens is 2. The van der Waals surface area contributed by atoms with Gasteiger partial charge in [-0.1, -0.05) is 0 Å². The first kappa shape index (κ1) is 12.4. The molecule has 0 spiro atoms. The van der Waals surface area contributed by atoms with Crippen molar-refractivity contribution in [3.05, 3.63) is 42.5 Å². The van der Waals surface area contributed by atoms with Crippen molar-refractivity contribution >= 4 is 0 Å². The third-order valence-corrected chi connectivity index (χ3v) is 2.80. The standard InChI is InChI=1S/C13H17N3O2/c1-10(11-6-12(17)8-13(18)7-11)15-3-5-16-4-2-14-9-16/h2,4,6-10,15,17-18H,3,5H2,1H3. The lowest BCUT2D eigenvalue weighted by molar-refractivity contribution is 0.445. The summed E-state index contributed by atoms with van der Waals surface area (Å²) in [5.74, 6) is 0.154. The van der Waals surface area contributed by atoms with Crippen LogP contribution in [0.2, 0.25) is 0 Å². The van der Waals surface area contributed by atoms with Gasteiger partial charge in [0.15, 0.2) is 0 Å². The van der Waals surface area contributed by atoms with Crippen LogP contribution in [0.1, 0.15) is 18.5 Å². The highest BCUT2D eigenvalue weighted by Crippen LogP contribution is 2.24. The van der Waals surface area contributed by atoms with Crippen LogP contribution < -0.4 is 5.32 Å². The van der Waals surface area contributed by atoms with Gasteiger partial charge in [0, 0.05) is 37.6 Å². The maximum absolute atomic E-state index is 9.42. The molecule has 2 aromatic rings. The first-order valence-electron chi connectivity index (χ1n) is 5.87. The summed E-state index contributed by atoms with van der Waals surface area (Å²) < 4.78 is 1.99. The van der Waals surface area contributed by atoms with Gasteiger partial charge in [-0.05, 0) is 24.6 Å². The number of benzene rings is 1. The summed E-state index contributed by atoms with van der Waals surface area (Å²) in [4.78, 5) is 3.97. The van der Waals surface area contributed by atoms with Gasteiger partial charge in [0.05, 0.1) is 6.33 Å². The molecule has 5 heteroatoms. The molecule has 0 aliphatic rings. The van der Waals surface area contributed by atoms with Gasteiger partial charge in [-0.2, -0.15) is 0 Å². The molecule has 0 fully saturated rings. The van der Waals surface area contributed by atoms with Gasteiger partial charge in [0.25, 0.3) is 0 Å². The Hall–Kier alpha value is -2.01. The van der Waals surface area contributed by atoms with Crippen LogP contribution in [0.15, 0.2) is 36.9 Å². The zero-order valence-electron chi connectivity index (χ0n) is 10.2. The molecule has 2 rings (SSSR count). The highest BCUT2D eigenvalue weighted by molar-refractivity contribution is 5.37. The molecule has 1 heterocycles. The maximum Gasteiger partial charge on any atom is 0.119 e. The number of phenols is 2. The minimum Gasteiger partial charge on any atom is -0.508 e.